The van der Waals surface area contributed by atoms with Crippen molar-refractivity contribution in [2.24, 2.45) is 5.10 Å². The number of benzene rings is 1. The number of esters is 1. The molecule has 0 fully saturated rings. The molecule has 0 saturated heterocycles. The highest BCUT2D eigenvalue weighted by atomic mass is 16.5. The zero-order valence-corrected chi connectivity index (χ0v) is 15.6. The maximum atomic E-state index is 12.2. The van der Waals surface area contributed by atoms with E-state index in [1.807, 2.05) is 6.92 Å². The zero-order valence-electron chi connectivity index (χ0n) is 15.6. The molecule has 0 aliphatic rings. The van der Waals surface area contributed by atoms with Gasteiger partial charge in [-0.1, -0.05) is 0 Å². The third-order valence-corrected chi connectivity index (χ3v) is 3.96. The lowest BCUT2D eigenvalue weighted by Gasteiger charge is -2.05. The Morgan fingerprint density at radius 1 is 1.19 bits per heavy atom. The van der Waals surface area contributed by atoms with E-state index in [1.54, 1.807) is 52.1 Å². The number of carbonyl (C=O) groups is 2. The van der Waals surface area contributed by atoms with Crippen molar-refractivity contribution in [2.45, 2.75) is 27.7 Å². The van der Waals surface area contributed by atoms with Gasteiger partial charge in [0.2, 0.25) is 0 Å². The summed E-state index contributed by atoms with van der Waals surface area (Å²) in [7, 11) is 1.56. The van der Waals surface area contributed by atoms with E-state index in [0.29, 0.717) is 40.6 Å². The number of hydrazone groups is 1. The molecule has 0 atom stereocenters. The highest BCUT2D eigenvalue weighted by Crippen LogP contribution is 2.19. The van der Waals surface area contributed by atoms with E-state index in [4.69, 9.17) is 9.47 Å². The monoisotopic (exact) mass is 357 g/mol. The number of methoxy groups -OCH3 is 1. The van der Waals surface area contributed by atoms with Crippen molar-refractivity contribution >= 4 is 17.6 Å². The minimum absolute atomic E-state index is 0.309. The van der Waals surface area contributed by atoms with Crippen molar-refractivity contribution in [2.75, 3.05) is 13.7 Å². The minimum Gasteiger partial charge on any atom is -0.497 e. The first kappa shape index (κ1) is 19.2. The van der Waals surface area contributed by atoms with Gasteiger partial charge in [0, 0.05) is 11.3 Å². The highest BCUT2D eigenvalue weighted by molar-refractivity contribution is 6.04. The summed E-state index contributed by atoms with van der Waals surface area (Å²) in [6.07, 6.45) is 0. The molecule has 0 aliphatic carbocycles. The number of nitrogens with one attached hydrogen (secondary N) is 2. The Bertz CT molecular complexity index is 835. The maximum Gasteiger partial charge on any atom is 0.340 e. The summed E-state index contributed by atoms with van der Waals surface area (Å²) in [4.78, 5) is 27.4. The Morgan fingerprint density at radius 2 is 1.85 bits per heavy atom. The second kappa shape index (κ2) is 8.33. The molecule has 2 rings (SSSR count). The average molecular weight is 357 g/mol. The lowest BCUT2D eigenvalue weighted by atomic mass is 10.1. The molecule has 0 saturated carbocycles. The Hall–Kier alpha value is -3.09. The molecule has 1 heterocycles. The lowest BCUT2D eigenvalue weighted by Crippen LogP contribution is -2.19. The lowest BCUT2D eigenvalue weighted by molar-refractivity contribution is 0.0525. The number of amides is 1. The van der Waals surface area contributed by atoms with E-state index < -0.39 is 0 Å². The number of hydrogen-bond acceptors (Lipinski definition) is 5. The van der Waals surface area contributed by atoms with Crippen molar-refractivity contribution in [3.63, 3.8) is 0 Å². The standard InChI is InChI=1S/C19H23N3O4/c1-6-26-19(24)16-11(2)17(20-12(16)3)13(4)21-22-18(23)14-7-9-15(25-5)10-8-14/h7-10,20H,6H2,1-5H3,(H,22,23)/b21-13+. The summed E-state index contributed by atoms with van der Waals surface area (Å²) in [6, 6.07) is 6.72. The second-order valence-electron chi connectivity index (χ2n) is 5.71. The topological polar surface area (TPSA) is 92.8 Å². The molecule has 1 amide bonds. The third kappa shape index (κ3) is 4.11. The largest absolute Gasteiger partial charge is 0.497 e. The van der Waals surface area contributed by atoms with Crippen molar-refractivity contribution in [3.05, 3.63) is 52.3 Å². The average Bonchev–Trinajstić information content (AvgIpc) is 2.94. The quantitative estimate of drug-likeness (QED) is 0.472. The van der Waals surface area contributed by atoms with Crippen LogP contribution in [0, 0.1) is 13.8 Å². The number of aryl methyl sites for hydroxylation is 1. The van der Waals surface area contributed by atoms with Crippen LogP contribution in [0.15, 0.2) is 29.4 Å². The van der Waals surface area contributed by atoms with Crippen LogP contribution >= 0.6 is 0 Å². The summed E-state index contributed by atoms with van der Waals surface area (Å²) in [5.41, 5.74) is 6.16. The van der Waals surface area contributed by atoms with Gasteiger partial charge in [0.05, 0.1) is 30.7 Å². The van der Waals surface area contributed by atoms with E-state index in [1.165, 1.54) is 0 Å². The molecule has 2 aromatic rings. The molecule has 1 aromatic carbocycles. The van der Waals surface area contributed by atoms with Gasteiger partial charge in [-0.3, -0.25) is 4.79 Å². The molecule has 2 N–H and O–H groups in total. The molecule has 0 aliphatic heterocycles. The number of aromatic amines is 1. The number of nitrogens with zero attached hydrogens (tertiary/aromatic N) is 1. The van der Waals surface area contributed by atoms with Crippen LogP contribution in [0.3, 0.4) is 0 Å². The van der Waals surface area contributed by atoms with E-state index in [-0.39, 0.29) is 11.9 Å². The fourth-order valence-corrected chi connectivity index (χ4v) is 2.62. The maximum absolute atomic E-state index is 12.2. The smallest absolute Gasteiger partial charge is 0.340 e. The number of carbonyl (C=O) groups excluding carboxylic acids is 2. The molecular weight excluding hydrogens is 334 g/mol. The van der Waals surface area contributed by atoms with Crippen molar-refractivity contribution in [1.82, 2.24) is 10.4 Å². The number of hydrogen-bond donors (Lipinski definition) is 2. The number of H-pyrrole nitrogens is 1. The molecule has 7 heteroatoms. The summed E-state index contributed by atoms with van der Waals surface area (Å²) < 4.78 is 10.1. The summed E-state index contributed by atoms with van der Waals surface area (Å²) in [5, 5.41) is 4.14. The van der Waals surface area contributed by atoms with Gasteiger partial charge in [-0.25, -0.2) is 10.2 Å². The molecule has 1 aromatic heterocycles. The Balaban J connectivity index is 2.17. The molecule has 26 heavy (non-hydrogen) atoms. The van der Waals surface area contributed by atoms with Crippen LogP contribution in [-0.4, -0.2) is 36.3 Å². The van der Waals surface area contributed by atoms with E-state index in [9.17, 15) is 9.59 Å². The fraction of sp³-hybridized carbons (Fsp3) is 0.316. The van der Waals surface area contributed by atoms with Crippen LogP contribution in [-0.2, 0) is 4.74 Å². The molecule has 0 radical (unpaired) electrons. The van der Waals surface area contributed by atoms with Gasteiger partial charge in [-0.2, -0.15) is 5.10 Å². The molecule has 0 unspecified atom stereocenters. The van der Waals surface area contributed by atoms with Gasteiger partial charge >= 0.3 is 5.97 Å². The molecular formula is C19H23N3O4. The molecule has 7 nitrogen and oxygen atoms in total. The van der Waals surface area contributed by atoms with Crippen LogP contribution in [0.5, 0.6) is 5.75 Å². The van der Waals surface area contributed by atoms with Crippen molar-refractivity contribution in [3.8, 4) is 5.75 Å². The predicted molar refractivity (Wildman–Crippen MR) is 98.9 cm³/mol. The van der Waals surface area contributed by atoms with E-state index in [0.717, 1.165) is 5.56 Å². The first-order valence-corrected chi connectivity index (χ1v) is 8.24. The number of aromatic nitrogens is 1. The predicted octanol–water partition coefficient (Wildman–Crippen LogP) is 2.97. The van der Waals surface area contributed by atoms with Gasteiger partial charge in [0.15, 0.2) is 0 Å². The molecule has 0 bridgehead atoms. The number of rotatable bonds is 6. The van der Waals surface area contributed by atoms with Gasteiger partial charge in [-0.05, 0) is 57.5 Å². The van der Waals surface area contributed by atoms with Crippen molar-refractivity contribution < 1.29 is 19.1 Å². The Labute approximate surface area is 152 Å². The Morgan fingerprint density at radius 3 is 2.42 bits per heavy atom. The minimum atomic E-state index is -0.375. The van der Waals surface area contributed by atoms with Crippen LogP contribution < -0.4 is 10.2 Å². The van der Waals surface area contributed by atoms with Crippen molar-refractivity contribution in [1.29, 1.82) is 0 Å². The zero-order chi connectivity index (χ0) is 19.3. The van der Waals surface area contributed by atoms with Gasteiger partial charge in [-0.15, -0.1) is 0 Å². The van der Waals surface area contributed by atoms with E-state index >= 15 is 0 Å². The van der Waals surface area contributed by atoms with Crippen LogP contribution in [0.4, 0.5) is 0 Å². The normalized spacial score (nSPS) is 11.2. The molecule has 0 spiro atoms. The Kier molecular flexibility index (Phi) is 6.16. The van der Waals surface area contributed by atoms with Crippen LogP contribution in [0.25, 0.3) is 0 Å². The SMILES string of the molecule is CCOC(=O)c1c(C)[nH]c(/C(C)=N/NC(=O)c2ccc(OC)cc2)c1C. The van der Waals surface area contributed by atoms with Crippen LogP contribution in [0.1, 0.15) is 51.5 Å². The van der Waals surface area contributed by atoms with Gasteiger partial charge in [0.25, 0.3) is 5.91 Å². The second-order valence-corrected chi connectivity index (χ2v) is 5.71. The third-order valence-electron chi connectivity index (χ3n) is 3.96. The fourth-order valence-electron chi connectivity index (χ4n) is 2.62. The number of ether oxygens (including phenoxy) is 2. The summed E-state index contributed by atoms with van der Waals surface area (Å²) in [6.45, 7) is 7.43. The van der Waals surface area contributed by atoms with Gasteiger partial charge < -0.3 is 14.5 Å². The van der Waals surface area contributed by atoms with Crippen LogP contribution in [0.2, 0.25) is 0 Å². The first-order valence-electron chi connectivity index (χ1n) is 8.24. The van der Waals surface area contributed by atoms with Gasteiger partial charge in [0.1, 0.15) is 5.75 Å². The molecule has 138 valence electrons. The summed E-state index contributed by atoms with van der Waals surface area (Å²) >= 11 is 0. The van der Waals surface area contributed by atoms with E-state index in [2.05, 4.69) is 15.5 Å². The first-order chi connectivity index (χ1) is 12.4. The highest BCUT2D eigenvalue weighted by Gasteiger charge is 2.20. The summed E-state index contributed by atoms with van der Waals surface area (Å²) in [5.74, 6) is -0.0381.